The first-order valence-electron chi connectivity index (χ1n) is 5.84. The minimum atomic E-state index is -1.49. The van der Waals surface area contributed by atoms with Crippen LogP contribution in [0.25, 0.3) is 0 Å². The molecule has 1 atom stereocenters. The first kappa shape index (κ1) is 16.0. The number of hydrogen-bond acceptors (Lipinski definition) is 4. The summed E-state index contributed by atoms with van der Waals surface area (Å²) in [6.07, 6.45) is 0.484. The van der Waals surface area contributed by atoms with E-state index in [0.29, 0.717) is 18.6 Å². The molecule has 0 aliphatic rings. The van der Waals surface area contributed by atoms with Crippen molar-refractivity contribution in [3.8, 4) is 0 Å². The van der Waals surface area contributed by atoms with Crippen molar-refractivity contribution in [1.29, 1.82) is 0 Å². The standard InChI is InChI=1S/C12H14F2N2O4/c1-3-7(6-20-2)15-12(17)10-8(13)4-5-9(11(10)14)16(18)19/h4-5,7H,3,6H2,1-2H3,(H,15,17). The quantitative estimate of drug-likeness (QED) is 0.641. The SMILES string of the molecule is CCC(COC)NC(=O)c1c(F)ccc([N+](=O)[O-])c1F. The van der Waals surface area contributed by atoms with Gasteiger partial charge in [-0.2, -0.15) is 4.39 Å². The Bertz CT molecular complexity index is 522. The van der Waals surface area contributed by atoms with E-state index in [1.165, 1.54) is 7.11 Å². The Morgan fingerprint density at radius 2 is 2.15 bits per heavy atom. The molecule has 0 aromatic heterocycles. The number of nitro benzene ring substituents is 1. The van der Waals surface area contributed by atoms with E-state index < -0.39 is 39.8 Å². The zero-order valence-electron chi connectivity index (χ0n) is 11.0. The van der Waals surface area contributed by atoms with E-state index in [-0.39, 0.29) is 6.61 Å². The molecule has 0 fully saturated rings. The van der Waals surface area contributed by atoms with Crippen LogP contribution in [0.2, 0.25) is 0 Å². The van der Waals surface area contributed by atoms with Crippen molar-refractivity contribution in [2.45, 2.75) is 19.4 Å². The average molecular weight is 288 g/mol. The topological polar surface area (TPSA) is 81.5 Å². The van der Waals surface area contributed by atoms with Crippen molar-refractivity contribution in [1.82, 2.24) is 5.32 Å². The molecule has 0 heterocycles. The Morgan fingerprint density at radius 3 is 2.65 bits per heavy atom. The number of benzene rings is 1. The Labute approximate surface area is 113 Å². The molecule has 20 heavy (non-hydrogen) atoms. The summed E-state index contributed by atoms with van der Waals surface area (Å²) in [5, 5.41) is 12.9. The van der Waals surface area contributed by atoms with Crippen LogP contribution in [0.3, 0.4) is 0 Å². The van der Waals surface area contributed by atoms with Crippen LogP contribution in [0.4, 0.5) is 14.5 Å². The lowest BCUT2D eigenvalue weighted by Crippen LogP contribution is -2.38. The van der Waals surface area contributed by atoms with Gasteiger partial charge in [0.1, 0.15) is 11.4 Å². The van der Waals surface area contributed by atoms with Crippen LogP contribution in [0.5, 0.6) is 0 Å². The fourth-order valence-electron chi connectivity index (χ4n) is 1.61. The summed E-state index contributed by atoms with van der Waals surface area (Å²) < 4.78 is 32.2. The highest BCUT2D eigenvalue weighted by molar-refractivity contribution is 5.95. The van der Waals surface area contributed by atoms with Gasteiger partial charge in [-0.05, 0) is 12.5 Å². The number of hydrogen-bond donors (Lipinski definition) is 1. The van der Waals surface area contributed by atoms with Gasteiger partial charge >= 0.3 is 5.69 Å². The van der Waals surface area contributed by atoms with E-state index in [1.807, 2.05) is 0 Å². The Kier molecular flexibility index (Phi) is 5.51. The molecule has 1 rings (SSSR count). The summed E-state index contributed by atoms with van der Waals surface area (Å²) in [4.78, 5) is 21.4. The van der Waals surface area contributed by atoms with Crippen molar-refractivity contribution in [2.75, 3.05) is 13.7 Å². The number of ether oxygens (including phenoxy) is 1. The largest absolute Gasteiger partial charge is 0.383 e. The number of rotatable bonds is 6. The summed E-state index contributed by atoms with van der Waals surface area (Å²) in [6, 6.07) is 0.923. The third kappa shape index (κ3) is 3.47. The lowest BCUT2D eigenvalue weighted by molar-refractivity contribution is -0.387. The van der Waals surface area contributed by atoms with Crippen LogP contribution in [-0.2, 0) is 4.74 Å². The van der Waals surface area contributed by atoms with Crippen LogP contribution in [0.15, 0.2) is 12.1 Å². The molecule has 1 amide bonds. The van der Waals surface area contributed by atoms with Crippen LogP contribution in [-0.4, -0.2) is 30.6 Å². The van der Waals surface area contributed by atoms with Gasteiger partial charge in [0.2, 0.25) is 5.82 Å². The van der Waals surface area contributed by atoms with Crippen molar-refractivity contribution >= 4 is 11.6 Å². The second-order valence-corrected chi connectivity index (χ2v) is 4.05. The van der Waals surface area contributed by atoms with E-state index in [2.05, 4.69) is 5.32 Å². The van der Waals surface area contributed by atoms with Crippen molar-refractivity contribution in [3.05, 3.63) is 39.4 Å². The number of amides is 1. The molecule has 1 unspecified atom stereocenters. The van der Waals surface area contributed by atoms with Gasteiger partial charge in [0.15, 0.2) is 0 Å². The van der Waals surface area contributed by atoms with Crippen molar-refractivity contribution in [2.24, 2.45) is 0 Å². The molecule has 0 aliphatic heterocycles. The molecule has 8 heteroatoms. The Balaban J connectivity index is 3.09. The Hall–Kier alpha value is -2.09. The second kappa shape index (κ2) is 6.90. The number of carbonyl (C=O) groups excluding carboxylic acids is 1. The van der Waals surface area contributed by atoms with Gasteiger partial charge in [-0.15, -0.1) is 0 Å². The van der Waals surface area contributed by atoms with Crippen molar-refractivity contribution in [3.63, 3.8) is 0 Å². The number of nitrogens with zero attached hydrogens (tertiary/aromatic N) is 1. The van der Waals surface area contributed by atoms with Crippen LogP contribution in [0.1, 0.15) is 23.7 Å². The third-order valence-corrected chi connectivity index (χ3v) is 2.69. The molecular weight excluding hydrogens is 274 g/mol. The fraction of sp³-hybridized carbons (Fsp3) is 0.417. The summed E-state index contributed by atoms with van der Waals surface area (Å²) in [6.45, 7) is 1.92. The molecule has 6 nitrogen and oxygen atoms in total. The van der Waals surface area contributed by atoms with Gasteiger partial charge in [-0.3, -0.25) is 14.9 Å². The van der Waals surface area contributed by atoms with E-state index in [0.717, 1.165) is 0 Å². The first-order chi connectivity index (χ1) is 9.42. The lowest BCUT2D eigenvalue weighted by atomic mass is 10.1. The summed E-state index contributed by atoms with van der Waals surface area (Å²) in [5.41, 5.74) is -1.91. The zero-order chi connectivity index (χ0) is 15.3. The number of nitrogens with one attached hydrogen (secondary N) is 1. The zero-order valence-corrected chi connectivity index (χ0v) is 11.0. The Morgan fingerprint density at radius 1 is 1.50 bits per heavy atom. The number of halogens is 2. The molecule has 0 bridgehead atoms. The van der Waals surface area contributed by atoms with E-state index in [9.17, 15) is 23.7 Å². The van der Waals surface area contributed by atoms with Crippen LogP contribution in [0, 0.1) is 21.7 Å². The predicted octanol–water partition coefficient (Wildman–Crippen LogP) is 2.03. The predicted molar refractivity (Wildman–Crippen MR) is 66.4 cm³/mol. The molecule has 0 radical (unpaired) electrons. The van der Waals surface area contributed by atoms with E-state index in [1.54, 1.807) is 6.92 Å². The van der Waals surface area contributed by atoms with Gasteiger partial charge in [-0.1, -0.05) is 6.92 Å². The minimum absolute atomic E-state index is 0.167. The average Bonchev–Trinajstić information content (AvgIpc) is 2.37. The molecular formula is C12H14F2N2O4. The smallest absolute Gasteiger partial charge is 0.305 e. The number of methoxy groups -OCH3 is 1. The normalized spacial score (nSPS) is 12.0. The maximum absolute atomic E-state index is 13.8. The molecule has 110 valence electrons. The third-order valence-electron chi connectivity index (χ3n) is 2.69. The number of nitro groups is 1. The monoisotopic (exact) mass is 288 g/mol. The van der Waals surface area contributed by atoms with Crippen LogP contribution < -0.4 is 5.32 Å². The molecule has 0 saturated heterocycles. The van der Waals surface area contributed by atoms with Gasteiger partial charge in [0, 0.05) is 13.2 Å². The summed E-state index contributed by atoms with van der Waals surface area (Å²) >= 11 is 0. The van der Waals surface area contributed by atoms with Crippen LogP contribution >= 0.6 is 0 Å². The highest BCUT2D eigenvalue weighted by atomic mass is 19.1. The number of carbonyl (C=O) groups is 1. The highest BCUT2D eigenvalue weighted by Gasteiger charge is 2.27. The van der Waals surface area contributed by atoms with Gasteiger partial charge in [0.25, 0.3) is 5.91 Å². The molecule has 0 saturated carbocycles. The molecule has 0 spiro atoms. The molecule has 1 aromatic carbocycles. The second-order valence-electron chi connectivity index (χ2n) is 4.05. The van der Waals surface area contributed by atoms with E-state index >= 15 is 0 Å². The summed E-state index contributed by atoms with van der Waals surface area (Å²) in [7, 11) is 1.42. The summed E-state index contributed by atoms with van der Waals surface area (Å²) in [5.74, 6) is -3.69. The first-order valence-corrected chi connectivity index (χ1v) is 5.84. The highest BCUT2D eigenvalue weighted by Crippen LogP contribution is 2.23. The lowest BCUT2D eigenvalue weighted by Gasteiger charge is -2.16. The fourth-order valence-corrected chi connectivity index (χ4v) is 1.61. The minimum Gasteiger partial charge on any atom is -0.383 e. The van der Waals surface area contributed by atoms with Gasteiger partial charge < -0.3 is 10.1 Å². The molecule has 1 N–H and O–H groups in total. The maximum Gasteiger partial charge on any atom is 0.305 e. The maximum atomic E-state index is 13.8. The molecule has 0 aliphatic carbocycles. The van der Waals surface area contributed by atoms with Crippen molar-refractivity contribution < 1.29 is 23.2 Å². The molecule has 1 aromatic rings. The van der Waals surface area contributed by atoms with Gasteiger partial charge in [-0.25, -0.2) is 4.39 Å². The van der Waals surface area contributed by atoms with Gasteiger partial charge in [0.05, 0.1) is 17.6 Å². The van der Waals surface area contributed by atoms with E-state index in [4.69, 9.17) is 4.74 Å².